The van der Waals surface area contributed by atoms with E-state index in [-0.39, 0.29) is 23.5 Å². The lowest BCUT2D eigenvalue weighted by atomic mass is 9.75. The van der Waals surface area contributed by atoms with Crippen LogP contribution in [0.3, 0.4) is 0 Å². The minimum Gasteiger partial charge on any atom is -0.393 e. The highest BCUT2D eigenvalue weighted by molar-refractivity contribution is 5.78. The van der Waals surface area contributed by atoms with Crippen molar-refractivity contribution in [3.05, 3.63) is 0 Å². The number of hydrogen-bond acceptors (Lipinski definition) is 2. The number of carbonyl (C=O) groups excluding carboxylic acids is 1. The third-order valence-corrected chi connectivity index (χ3v) is 2.32. The van der Waals surface area contributed by atoms with Crippen LogP contribution in [-0.4, -0.2) is 22.7 Å². The van der Waals surface area contributed by atoms with E-state index in [4.69, 9.17) is 5.11 Å². The summed E-state index contributed by atoms with van der Waals surface area (Å²) in [5, 5.41) is 12.0. The van der Waals surface area contributed by atoms with Crippen molar-refractivity contribution in [3.8, 4) is 0 Å². The van der Waals surface area contributed by atoms with E-state index in [2.05, 4.69) is 5.32 Å². The Kier molecular flexibility index (Phi) is 2.42. The van der Waals surface area contributed by atoms with Crippen molar-refractivity contribution in [2.45, 2.75) is 45.3 Å². The van der Waals surface area contributed by atoms with Crippen molar-refractivity contribution in [1.29, 1.82) is 0 Å². The molecule has 0 spiro atoms. The van der Waals surface area contributed by atoms with Gasteiger partial charge in [-0.3, -0.25) is 4.79 Å². The molecular weight excluding hydrogens is 154 g/mol. The van der Waals surface area contributed by atoms with Gasteiger partial charge in [-0.1, -0.05) is 13.8 Å². The monoisotopic (exact) mass is 171 g/mol. The maximum absolute atomic E-state index is 11.3. The molecule has 2 N–H and O–H groups in total. The van der Waals surface area contributed by atoms with Gasteiger partial charge < -0.3 is 10.4 Å². The molecule has 3 heteroatoms. The second-order valence-electron chi connectivity index (χ2n) is 4.27. The van der Waals surface area contributed by atoms with E-state index in [1.165, 1.54) is 0 Å². The summed E-state index contributed by atoms with van der Waals surface area (Å²) in [4.78, 5) is 11.3. The standard InChI is InChI=1S/C9H17NO2/c1-6(2)8(12)10-9(3)4-7(11)5-9/h6-7,11H,4-5H2,1-3H3,(H,10,12). The van der Waals surface area contributed by atoms with Gasteiger partial charge in [0.1, 0.15) is 0 Å². The molecule has 1 amide bonds. The van der Waals surface area contributed by atoms with Gasteiger partial charge in [-0.2, -0.15) is 0 Å². The summed E-state index contributed by atoms with van der Waals surface area (Å²) < 4.78 is 0. The molecule has 3 nitrogen and oxygen atoms in total. The third kappa shape index (κ3) is 1.97. The summed E-state index contributed by atoms with van der Waals surface area (Å²) in [6.07, 6.45) is 1.15. The Morgan fingerprint density at radius 1 is 1.58 bits per heavy atom. The van der Waals surface area contributed by atoms with E-state index < -0.39 is 0 Å². The van der Waals surface area contributed by atoms with Crippen LogP contribution < -0.4 is 5.32 Å². The van der Waals surface area contributed by atoms with Crippen LogP contribution in [0.1, 0.15) is 33.6 Å². The summed E-state index contributed by atoms with van der Waals surface area (Å²) in [5.41, 5.74) is -0.152. The summed E-state index contributed by atoms with van der Waals surface area (Å²) in [6, 6.07) is 0. The van der Waals surface area contributed by atoms with Crippen LogP contribution in [0.15, 0.2) is 0 Å². The van der Waals surface area contributed by atoms with Crippen LogP contribution in [0.2, 0.25) is 0 Å². The van der Waals surface area contributed by atoms with Gasteiger partial charge in [0.25, 0.3) is 0 Å². The molecule has 1 aliphatic carbocycles. The van der Waals surface area contributed by atoms with Crippen molar-refractivity contribution in [2.24, 2.45) is 5.92 Å². The molecule has 0 aromatic rings. The maximum atomic E-state index is 11.3. The quantitative estimate of drug-likeness (QED) is 0.641. The number of aliphatic hydroxyl groups excluding tert-OH is 1. The summed E-state index contributed by atoms with van der Waals surface area (Å²) in [7, 11) is 0. The molecule has 0 bridgehead atoms. The van der Waals surface area contributed by atoms with Gasteiger partial charge in [-0.05, 0) is 19.8 Å². The molecule has 0 aromatic heterocycles. The molecule has 1 saturated carbocycles. The molecule has 1 aliphatic rings. The average molecular weight is 171 g/mol. The molecule has 70 valence electrons. The molecule has 1 rings (SSSR count). The topological polar surface area (TPSA) is 49.3 Å². The highest BCUT2D eigenvalue weighted by Crippen LogP contribution is 2.31. The Labute approximate surface area is 73.2 Å². The van der Waals surface area contributed by atoms with E-state index in [0.29, 0.717) is 12.8 Å². The fourth-order valence-corrected chi connectivity index (χ4v) is 1.52. The molecule has 0 radical (unpaired) electrons. The first kappa shape index (κ1) is 9.52. The van der Waals surface area contributed by atoms with Gasteiger partial charge in [0.05, 0.1) is 6.10 Å². The maximum Gasteiger partial charge on any atom is 0.222 e. The Hall–Kier alpha value is -0.570. The molecule has 0 unspecified atom stereocenters. The lowest BCUT2D eigenvalue weighted by Gasteiger charge is -2.43. The average Bonchev–Trinajstić information content (AvgIpc) is 1.83. The van der Waals surface area contributed by atoms with Crippen molar-refractivity contribution < 1.29 is 9.90 Å². The zero-order chi connectivity index (χ0) is 9.35. The van der Waals surface area contributed by atoms with E-state index in [1.54, 1.807) is 0 Å². The van der Waals surface area contributed by atoms with E-state index >= 15 is 0 Å². The predicted molar refractivity (Wildman–Crippen MR) is 46.6 cm³/mol. The van der Waals surface area contributed by atoms with Crippen LogP contribution in [0.5, 0.6) is 0 Å². The molecule has 0 atom stereocenters. The third-order valence-electron chi connectivity index (χ3n) is 2.32. The number of aliphatic hydroxyl groups is 1. The lowest BCUT2D eigenvalue weighted by molar-refractivity contribution is -0.128. The molecule has 0 aromatic carbocycles. The molecule has 12 heavy (non-hydrogen) atoms. The van der Waals surface area contributed by atoms with Gasteiger partial charge in [0.2, 0.25) is 5.91 Å². The number of carbonyl (C=O) groups is 1. The summed E-state index contributed by atoms with van der Waals surface area (Å²) >= 11 is 0. The smallest absolute Gasteiger partial charge is 0.222 e. The van der Waals surface area contributed by atoms with Crippen LogP contribution in [0.25, 0.3) is 0 Å². The van der Waals surface area contributed by atoms with Crippen LogP contribution in [-0.2, 0) is 4.79 Å². The minimum atomic E-state index is -0.220. The van der Waals surface area contributed by atoms with E-state index in [0.717, 1.165) is 0 Å². The number of rotatable bonds is 2. The minimum absolute atomic E-state index is 0.0274. The first-order valence-corrected chi connectivity index (χ1v) is 4.43. The zero-order valence-electron chi connectivity index (χ0n) is 7.92. The first-order chi connectivity index (χ1) is 5.43. The van der Waals surface area contributed by atoms with Gasteiger partial charge >= 0.3 is 0 Å². The van der Waals surface area contributed by atoms with E-state index in [1.807, 2.05) is 20.8 Å². The highest BCUT2D eigenvalue weighted by atomic mass is 16.3. The van der Waals surface area contributed by atoms with Gasteiger partial charge in [0, 0.05) is 11.5 Å². The molecule has 0 heterocycles. The normalized spacial score (nSPS) is 34.6. The molecule has 0 aliphatic heterocycles. The van der Waals surface area contributed by atoms with Crippen molar-refractivity contribution in [1.82, 2.24) is 5.32 Å². The lowest BCUT2D eigenvalue weighted by Crippen LogP contribution is -2.58. The highest BCUT2D eigenvalue weighted by Gasteiger charge is 2.40. The molecule has 0 saturated heterocycles. The summed E-state index contributed by atoms with van der Waals surface area (Å²) in [6.45, 7) is 5.71. The Morgan fingerprint density at radius 2 is 2.08 bits per heavy atom. The van der Waals surface area contributed by atoms with Crippen molar-refractivity contribution in [2.75, 3.05) is 0 Å². The molecular formula is C9H17NO2. The molecule has 1 fully saturated rings. The van der Waals surface area contributed by atoms with Crippen LogP contribution in [0, 0.1) is 5.92 Å². The van der Waals surface area contributed by atoms with E-state index in [9.17, 15) is 4.79 Å². The second-order valence-corrected chi connectivity index (χ2v) is 4.27. The van der Waals surface area contributed by atoms with Crippen molar-refractivity contribution >= 4 is 5.91 Å². The fraction of sp³-hybridized carbons (Fsp3) is 0.889. The van der Waals surface area contributed by atoms with Gasteiger partial charge in [0.15, 0.2) is 0 Å². The number of nitrogens with one attached hydrogen (secondary N) is 1. The van der Waals surface area contributed by atoms with Gasteiger partial charge in [-0.15, -0.1) is 0 Å². The number of amides is 1. The van der Waals surface area contributed by atoms with Crippen LogP contribution in [0.4, 0.5) is 0 Å². The predicted octanol–water partition coefficient (Wildman–Crippen LogP) is 0.672. The van der Waals surface area contributed by atoms with Gasteiger partial charge in [-0.25, -0.2) is 0 Å². The number of hydrogen-bond donors (Lipinski definition) is 2. The first-order valence-electron chi connectivity index (χ1n) is 4.43. The SMILES string of the molecule is CC(C)C(=O)NC1(C)CC(O)C1. The largest absolute Gasteiger partial charge is 0.393 e. The Bertz CT molecular complexity index is 183. The zero-order valence-corrected chi connectivity index (χ0v) is 7.92. The summed E-state index contributed by atoms with van der Waals surface area (Å²) in [5.74, 6) is 0.101. The Balaban J connectivity index is 2.37. The Morgan fingerprint density at radius 3 is 2.42 bits per heavy atom. The second kappa shape index (κ2) is 3.05. The van der Waals surface area contributed by atoms with Crippen LogP contribution >= 0.6 is 0 Å². The fourth-order valence-electron chi connectivity index (χ4n) is 1.52. The van der Waals surface area contributed by atoms with Crippen molar-refractivity contribution in [3.63, 3.8) is 0 Å².